The predicted molar refractivity (Wildman–Crippen MR) is 42.8 cm³/mol. The van der Waals surface area contributed by atoms with E-state index < -0.39 is 11.0 Å². The zero-order valence-corrected chi connectivity index (χ0v) is 6.86. The second-order valence-electron chi connectivity index (χ2n) is 2.00. The normalized spacial score (nSPS) is 9.75. The first-order valence-corrected chi connectivity index (χ1v) is 4.19. The van der Waals surface area contributed by atoms with Crippen molar-refractivity contribution in [1.29, 1.82) is 0 Å². The van der Waals surface area contributed by atoms with Crippen molar-refractivity contribution < 1.29 is 17.4 Å². The predicted octanol–water partition coefficient (Wildman–Crippen LogP) is 0.404. The number of carbonyl (C=O) groups is 1. The molecule has 5 heteroatoms. The van der Waals surface area contributed by atoms with Gasteiger partial charge in [-0.15, -0.1) is 0 Å². The van der Waals surface area contributed by atoms with Crippen LogP contribution in [0.2, 0.25) is 0 Å². The number of aldehydes is 1. The Hall–Kier alpha value is -1.36. The third-order valence-corrected chi connectivity index (χ3v) is 1.56. The maximum atomic E-state index is 10.2. The van der Waals surface area contributed by atoms with E-state index in [0.717, 1.165) is 0 Å². The fraction of sp³-hybridized carbons (Fsp3) is 0. The molecule has 0 N–H and O–H groups in total. The molecule has 0 radical (unpaired) electrons. The maximum absolute atomic E-state index is 10.2. The van der Waals surface area contributed by atoms with Gasteiger partial charge >= 0.3 is 0 Å². The van der Waals surface area contributed by atoms with Crippen LogP contribution in [0.1, 0.15) is 10.4 Å². The summed E-state index contributed by atoms with van der Waals surface area (Å²) in [5.74, 6) is 0.205. The van der Waals surface area contributed by atoms with E-state index >= 15 is 0 Å². The van der Waals surface area contributed by atoms with Gasteiger partial charge in [0.2, 0.25) is 0 Å². The van der Waals surface area contributed by atoms with Crippen molar-refractivity contribution in [3.63, 3.8) is 0 Å². The van der Waals surface area contributed by atoms with Gasteiger partial charge in [0.1, 0.15) is 12.0 Å². The van der Waals surface area contributed by atoms with Crippen molar-refractivity contribution in [2.24, 2.45) is 0 Å². The highest BCUT2D eigenvalue weighted by atomic mass is 32.2. The van der Waals surface area contributed by atoms with E-state index in [0.29, 0.717) is 11.8 Å². The average Bonchev–Trinajstić information content (AvgIpc) is 2.05. The Labute approximate surface area is 70.9 Å². The number of hydrogen-bond donors (Lipinski definition) is 1. The Morgan fingerprint density at radius 1 is 1.17 bits per heavy atom. The molecule has 0 amide bonds. The lowest BCUT2D eigenvalue weighted by molar-refractivity contribution is 0.112. The van der Waals surface area contributed by atoms with E-state index in [1.54, 1.807) is 0 Å². The molecule has 0 saturated heterocycles. The van der Waals surface area contributed by atoms with Crippen LogP contribution in [0.3, 0.4) is 0 Å². The minimum absolute atomic E-state index is 0.205. The van der Waals surface area contributed by atoms with Crippen LogP contribution in [-0.2, 0) is 11.0 Å². The van der Waals surface area contributed by atoms with Gasteiger partial charge in [-0.25, -0.2) is 0 Å². The van der Waals surface area contributed by atoms with Crippen LogP contribution in [-0.4, -0.2) is 14.7 Å². The Bertz CT molecular complexity index is 331. The monoisotopic (exact) mass is 186 g/mol. The number of thiol groups is 1. The van der Waals surface area contributed by atoms with Crippen molar-refractivity contribution in [2.75, 3.05) is 0 Å². The van der Waals surface area contributed by atoms with Crippen LogP contribution < -0.4 is 4.18 Å². The molecule has 0 aromatic heterocycles. The lowest BCUT2D eigenvalue weighted by Gasteiger charge is -1.95. The van der Waals surface area contributed by atoms with Crippen LogP contribution in [0.15, 0.2) is 24.3 Å². The molecule has 0 fully saturated rings. The quantitative estimate of drug-likeness (QED) is 0.548. The number of carbonyl (C=O) groups excluding carboxylic acids is 1. The summed E-state index contributed by atoms with van der Waals surface area (Å²) < 4.78 is 24.5. The standard InChI is InChI=1S/C7H6O4S/c8-5-6-1-3-7(4-2-6)11-12(9)10/h1-5,12H. The largest absolute Gasteiger partial charge is 0.384 e. The van der Waals surface area contributed by atoms with Crippen molar-refractivity contribution in [1.82, 2.24) is 0 Å². The number of hydrogen-bond acceptors (Lipinski definition) is 4. The van der Waals surface area contributed by atoms with E-state index in [4.69, 9.17) is 0 Å². The van der Waals surface area contributed by atoms with E-state index in [-0.39, 0.29) is 5.75 Å². The van der Waals surface area contributed by atoms with E-state index in [9.17, 15) is 13.2 Å². The molecule has 1 aromatic carbocycles. The van der Waals surface area contributed by atoms with Gasteiger partial charge in [0, 0.05) is 5.56 Å². The molecular formula is C7H6O4S. The van der Waals surface area contributed by atoms with Crippen molar-refractivity contribution in [2.45, 2.75) is 0 Å². The second-order valence-corrected chi connectivity index (χ2v) is 2.63. The molecule has 0 saturated carbocycles. The van der Waals surface area contributed by atoms with Crippen molar-refractivity contribution >= 4 is 17.3 Å². The molecule has 1 rings (SSSR count). The summed E-state index contributed by atoms with van der Waals surface area (Å²) in [5.41, 5.74) is 0.475. The van der Waals surface area contributed by atoms with Gasteiger partial charge in [-0.2, -0.15) is 8.42 Å². The molecule has 4 nitrogen and oxygen atoms in total. The molecule has 12 heavy (non-hydrogen) atoms. The fourth-order valence-electron chi connectivity index (χ4n) is 0.693. The Morgan fingerprint density at radius 3 is 2.17 bits per heavy atom. The van der Waals surface area contributed by atoms with Crippen LogP contribution in [0.25, 0.3) is 0 Å². The van der Waals surface area contributed by atoms with Crippen molar-refractivity contribution in [3.05, 3.63) is 29.8 Å². The molecule has 0 heterocycles. The third-order valence-electron chi connectivity index (χ3n) is 1.20. The Balaban J connectivity index is 2.84. The summed E-state index contributed by atoms with van der Waals surface area (Å²) in [4.78, 5) is 10.2. The highest BCUT2D eigenvalue weighted by Gasteiger charge is 1.93. The first-order chi connectivity index (χ1) is 5.72. The van der Waals surface area contributed by atoms with E-state index in [1.165, 1.54) is 24.3 Å². The van der Waals surface area contributed by atoms with Crippen LogP contribution in [0.5, 0.6) is 5.75 Å². The summed E-state index contributed by atoms with van der Waals surface area (Å²) in [7, 11) is -2.88. The summed E-state index contributed by atoms with van der Waals surface area (Å²) in [5, 5.41) is 0. The number of rotatable bonds is 3. The molecular weight excluding hydrogens is 180 g/mol. The van der Waals surface area contributed by atoms with Gasteiger partial charge in [-0.3, -0.25) is 4.79 Å². The van der Waals surface area contributed by atoms with Gasteiger partial charge in [0.15, 0.2) is 0 Å². The first kappa shape index (κ1) is 8.73. The third kappa shape index (κ3) is 2.35. The van der Waals surface area contributed by atoms with Gasteiger partial charge in [-0.1, -0.05) is 0 Å². The molecule has 0 aliphatic carbocycles. The summed E-state index contributed by atoms with van der Waals surface area (Å²) in [6, 6.07) is 5.77. The Morgan fingerprint density at radius 2 is 1.75 bits per heavy atom. The van der Waals surface area contributed by atoms with Crippen LogP contribution in [0.4, 0.5) is 0 Å². The molecule has 64 valence electrons. The smallest absolute Gasteiger partial charge is 0.299 e. The van der Waals surface area contributed by atoms with Crippen LogP contribution >= 0.6 is 0 Å². The van der Waals surface area contributed by atoms with E-state index in [2.05, 4.69) is 4.18 Å². The van der Waals surface area contributed by atoms with Gasteiger partial charge in [-0.05, 0) is 24.3 Å². The molecule has 0 aliphatic rings. The molecule has 0 unspecified atom stereocenters. The van der Waals surface area contributed by atoms with Crippen LogP contribution in [0, 0.1) is 0 Å². The van der Waals surface area contributed by atoms with Gasteiger partial charge in [0.25, 0.3) is 11.0 Å². The number of benzene rings is 1. The zero-order chi connectivity index (χ0) is 8.97. The molecule has 1 aromatic rings. The maximum Gasteiger partial charge on any atom is 0.299 e. The highest BCUT2D eigenvalue weighted by molar-refractivity contribution is 7.67. The lowest BCUT2D eigenvalue weighted by Crippen LogP contribution is -1.89. The fourth-order valence-corrected chi connectivity index (χ4v) is 0.987. The highest BCUT2D eigenvalue weighted by Crippen LogP contribution is 2.10. The zero-order valence-electron chi connectivity index (χ0n) is 5.97. The molecule has 0 spiro atoms. The minimum atomic E-state index is -2.88. The summed E-state index contributed by atoms with van der Waals surface area (Å²) in [6.45, 7) is 0. The van der Waals surface area contributed by atoms with Crippen molar-refractivity contribution in [3.8, 4) is 5.75 Å². The lowest BCUT2D eigenvalue weighted by atomic mass is 10.2. The van der Waals surface area contributed by atoms with E-state index in [1.807, 2.05) is 0 Å². The summed E-state index contributed by atoms with van der Waals surface area (Å²) in [6.07, 6.45) is 0.668. The van der Waals surface area contributed by atoms with Gasteiger partial charge < -0.3 is 4.18 Å². The molecule has 0 bridgehead atoms. The topological polar surface area (TPSA) is 60.4 Å². The van der Waals surface area contributed by atoms with Gasteiger partial charge in [0.05, 0.1) is 0 Å². The Kier molecular flexibility index (Phi) is 2.82. The molecule has 0 aliphatic heterocycles. The minimum Gasteiger partial charge on any atom is -0.384 e. The SMILES string of the molecule is O=Cc1ccc(O[SH](=O)=O)cc1. The average molecular weight is 186 g/mol. The molecule has 0 atom stereocenters. The second kappa shape index (κ2) is 3.87. The summed E-state index contributed by atoms with van der Waals surface area (Å²) >= 11 is 0. The first-order valence-electron chi connectivity index (χ1n) is 3.10.